The third kappa shape index (κ3) is 3.13. The van der Waals surface area contributed by atoms with Gasteiger partial charge in [-0.2, -0.15) is 13.2 Å². The van der Waals surface area contributed by atoms with Gasteiger partial charge in [-0.05, 0) is 42.3 Å². The average Bonchev–Trinajstić information content (AvgIpc) is 2.53. The first kappa shape index (κ1) is 16.1. The molecule has 0 radical (unpaired) electrons. The SMILES string of the molecule is CCOc1cccc(-c2ccc3[nH]c(=O)cc(C(F)(F)F)c3c2)c1. The van der Waals surface area contributed by atoms with E-state index in [0.29, 0.717) is 24.0 Å². The first-order valence-electron chi connectivity index (χ1n) is 7.36. The van der Waals surface area contributed by atoms with E-state index in [0.717, 1.165) is 5.56 Å². The Labute approximate surface area is 135 Å². The molecule has 3 rings (SSSR count). The molecule has 124 valence electrons. The molecule has 0 unspecified atom stereocenters. The summed E-state index contributed by atoms with van der Waals surface area (Å²) in [5, 5.41) is -0.0404. The molecule has 0 fully saturated rings. The van der Waals surface area contributed by atoms with Gasteiger partial charge in [0.05, 0.1) is 12.2 Å². The quantitative estimate of drug-likeness (QED) is 0.760. The molecule has 0 aliphatic heterocycles. The Bertz CT molecular complexity index is 945. The van der Waals surface area contributed by atoms with Gasteiger partial charge in [0.25, 0.3) is 0 Å². The highest BCUT2D eigenvalue weighted by Gasteiger charge is 2.33. The fraction of sp³-hybridized carbons (Fsp3) is 0.167. The van der Waals surface area contributed by atoms with Gasteiger partial charge in [0.1, 0.15) is 5.75 Å². The lowest BCUT2D eigenvalue weighted by atomic mass is 10.0. The van der Waals surface area contributed by atoms with Gasteiger partial charge in [0, 0.05) is 17.0 Å². The minimum absolute atomic E-state index is 0.0404. The van der Waals surface area contributed by atoms with Crippen LogP contribution in [-0.2, 0) is 6.18 Å². The Morgan fingerprint density at radius 1 is 1.04 bits per heavy atom. The Morgan fingerprint density at radius 3 is 2.50 bits per heavy atom. The van der Waals surface area contributed by atoms with Crippen molar-refractivity contribution in [3.05, 3.63) is 64.4 Å². The van der Waals surface area contributed by atoms with Crippen molar-refractivity contribution >= 4 is 10.9 Å². The molecule has 3 aromatic rings. The average molecular weight is 333 g/mol. The topological polar surface area (TPSA) is 42.1 Å². The van der Waals surface area contributed by atoms with Gasteiger partial charge >= 0.3 is 6.18 Å². The number of aromatic amines is 1. The van der Waals surface area contributed by atoms with Crippen LogP contribution in [0.4, 0.5) is 13.2 Å². The summed E-state index contributed by atoms with van der Waals surface area (Å²) in [6.45, 7) is 2.36. The van der Waals surface area contributed by atoms with Crippen LogP contribution in [-0.4, -0.2) is 11.6 Å². The smallest absolute Gasteiger partial charge is 0.417 e. The minimum Gasteiger partial charge on any atom is -0.494 e. The molecular formula is C18H14F3NO2. The van der Waals surface area contributed by atoms with E-state index in [2.05, 4.69) is 4.98 Å². The van der Waals surface area contributed by atoms with E-state index in [1.165, 1.54) is 12.1 Å². The molecule has 0 atom stereocenters. The predicted octanol–water partition coefficient (Wildman–Crippen LogP) is 4.61. The number of rotatable bonds is 3. The summed E-state index contributed by atoms with van der Waals surface area (Å²) in [7, 11) is 0. The zero-order valence-corrected chi connectivity index (χ0v) is 12.8. The van der Waals surface area contributed by atoms with E-state index in [4.69, 9.17) is 4.74 Å². The highest BCUT2D eigenvalue weighted by atomic mass is 19.4. The molecule has 2 aromatic carbocycles. The second-order valence-electron chi connectivity index (χ2n) is 5.27. The van der Waals surface area contributed by atoms with Crippen molar-refractivity contribution in [3.63, 3.8) is 0 Å². The summed E-state index contributed by atoms with van der Waals surface area (Å²) in [6.07, 6.45) is -4.60. The van der Waals surface area contributed by atoms with Gasteiger partial charge in [-0.1, -0.05) is 18.2 Å². The van der Waals surface area contributed by atoms with Crippen LogP contribution in [0, 0.1) is 0 Å². The summed E-state index contributed by atoms with van der Waals surface area (Å²) in [5.74, 6) is 0.646. The number of nitrogens with one attached hydrogen (secondary N) is 1. The number of hydrogen-bond acceptors (Lipinski definition) is 2. The van der Waals surface area contributed by atoms with E-state index >= 15 is 0 Å². The second kappa shape index (κ2) is 6.03. The van der Waals surface area contributed by atoms with Crippen molar-refractivity contribution in [2.24, 2.45) is 0 Å². The van der Waals surface area contributed by atoms with Crippen molar-refractivity contribution in [2.45, 2.75) is 13.1 Å². The van der Waals surface area contributed by atoms with Crippen molar-refractivity contribution in [1.29, 1.82) is 0 Å². The largest absolute Gasteiger partial charge is 0.494 e. The van der Waals surface area contributed by atoms with Crippen molar-refractivity contribution in [2.75, 3.05) is 6.61 Å². The predicted molar refractivity (Wildman–Crippen MR) is 86.2 cm³/mol. The number of H-pyrrole nitrogens is 1. The van der Waals surface area contributed by atoms with Crippen LogP contribution in [0.2, 0.25) is 0 Å². The summed E-state index contributed by atoms with van der Waals surface area (Å²) in [5.41, 5.74) is -0.215. The van der Waals surface area contributed by atoms with Gasteiger partial charge in [0.15, 0.2) is 0 Å². The maximum atomic E-state index is 13.2. The van der Waals surface area contributed by atoms with E-state index in [-0.39, 0.29) is 10.9 Å². The van der Waals surface area contributed by atoms with Crippen molar-refractivity contribution in [3.8, 4) is 16.9 Å². The number of hydrogen-bond donors (Lipinski definition) is 1. The van der Waals surface area contributed by atoms with Gasteiger partial charge in [0.2, 0.25) is 5.56 Å². The zero-order valence-electron chi connectivity index (χ0n) is 12.8. The summed E-state index contributed by atoms with van der Waals surface area (Å²) >= 11 is 0. The van der Waals surface area contributed by atoms with Crippen LogP contribution in [0.3, 0.4) is 0 Å². The molecule has 0 aliphatic rings. The number of ether oxygens (including phenoxy) is 1. The lowest BCUT2D eigenvalue weighted by molar-refractivity contribution is -0.136. The highest BCUT2D eigenvalue weighted by molar-refractivity contribution is 5.87. The first-order valence-corrected chi connectivity index (χ1v) is 7.36. The lowest BCUT2D eigenvalue weighted by Crippen LogP contribution is -2.13. The third-order valence-electron chi connectivity index (χ3n) is 3.63. The Morgan fingerprint density at radius 2 is 1.79 bits per heavy atom. The molecule has 0 amide bonds. The molecule has 0 aliphatic carbocycles. The number of fused-ring (bicyclic) bond motifs is 1. The molecule has 0 saturated heterocycles. The molecule has 3 nitrogen and oxygen atoms in total. The minimum atomic E-state index is -4.60. The van der Waals surface area contributed by atoms with E-state index < -0.39 is 17.3 Å². The summed E-state index contributed by atoms with van der Waals surface area (Å²) in [4.78, 5) is 13.9. The maximum absolute atomic E-state index is 13.2. The Hall–Kier alpha value is -2.76. The number of aromatic nitrogens is 1. The maximum Gasteiger partial charge on any atom is 0.417 e. The molecule has 1 aromatic heterocycles. The fourth-order valence-electron chi connectivity index (χ4n) is 2.60. The van der Waals surface area contributed by atoms with Crippen LogP contribution in [0.5, 0.6) is 5.75 Å². The highest BCUT2D eigenvalue weighted by Crippen LogP contribution is 2.35. The molecular weight excluding hydrogens is 319 g/mol. The van der Waals surface area contributed by atoms with Crippen LogP contribution in [0.15, 0.2) is 53.3 Å². The number of pyridine rings is 1. The van der Waals surface area contributed by atoms with E-state index in [1.54, 1.807) is 30.3 Å². The van der Waals surface area contributed by atoms with Crippen LogP contribution in [0.25, 0.3) is 22.0 Å². The van der Waals surface area contributed by atoms with Gasteiger partial charge < -0.3 is 9.72 Å². The van der Waals surface area contributed by atoms with Crippen molar-refractivity contribution < 1.29 is 17.9 Å². The van der Waals surface area contributed by atoms with Crippen LogP contribution in [0.1, 0.15) is 12.5 Å². The molecule has 1 N–H and O–H groups in total. The first-order chi connectivity index (χ1) is 11.4. The van der Waals surface area contributed by atoms with Crippen molar-refractivity contribution in [1.82, 2.24) is 4.98 Å². The third-order valence-corrected chi connectivity index (χ3v) is 3.63. The normalized spacial score (nSPS) is 11.7. The number of alkyl halides is 3. The molecule has 6 heteroatoms. The Kier molecular flexibility index (Phi) is 4.05. The molecule has 24 heavy (non-hydrogen) atoms. The van der Waals surface area contributed by atoms with E-state index in [1.807, 2.05) is 6.92 Å². The van der Waals surface area contributed by atoms with Gasteiger partial charge in [-0.3, -0.25) is 4.79 Å². The molecule has 0 bridgehead atoms. The number of benzene rings is 2. The zero-order chi connectivity index (χ0) is 17.3. The molecule has 0 spiro atoms. The lowest BCUT2D eigenvalue weighted by Gasteiger charge is -2.12. The fourth-order valence-corrected chi connectivity index (χ4v) is 2.60. The molecule has 1 heterocycles. The van der Waals surface area contributed by atoms with Gasteiger partial charge in [-0.15, -0.1) is 0 Å². The second-order valence-corrected chi connectivity index (χ2v) is 5.27. The number of halogens is 3. The van der Waals surface area contributed by atoms with E-state index in [9.17, 15) is 18.0 Å². The standard InChI is InChI=1S/C18H14F3NO2/c1-2-24-13-5-3-4-11(8-13)12-6-7-16-14(9-12)15(18(19,20)21)10-17(23)22-16/h3-10H,2H2,1H3,(H,22,23). The van der Waals surface area contributed by atoms with Gasteiger partial charge in [-0.25, -0.2) is 0 Å². The Balaban J connectivity index is 2.19. The summed E-state index contributed by atoms with van der Waals surface area (Å²) < 4.78 is 45.1. The monoisotopic (exact) mass is 333 g/mol. The van der Waals surface area contributed by atoms with Crippen LogP contribution >= 0.6 is 0 Å². The van der Waals surface area contributed by atoms with Crippen LogP contribution < -0.4 is 10.3 Å². The summed E-state index contributed by atoms with van der Waals surface area (Å²) in [6, 6.07) is 12.3. The molecule has 0 saturated carbocycles.